The summed E-state index contributed by atoms with van der Waals surface area (Å²) in [5, 5.41) is 3.30. The van der Waals surface area contributed by atoms with Crippen molar-refractivity contribution >= 4 is 17.2 Å². The summed E-state index contributed by atoms with van der Waals surface area (Å²) in [7, 11) is 0. The minimum atomic E-state index is -0.395. The first-order chi connectivity index (χ1) is 9.69. The number of hydrogen-bond acceptors (Lipinski definition) is 3. The Labute approximate surface area is 119 Å². The fourth-order valence-corrected chi connectivity index (χ4v) is 1.86. The SMILES string of the molecule is CCC(=O)C(C)Oc1ccc(Nc2ccccc2)cc1. The molecule has 20 heavy (non-hydrogen) atoms. The fourth-order valence-electron chi connectivity index (χ4n) is 1.86. The zero-order chi connectivity index (χ0) is 14.4. The molecule has 0 radical (unpaired) electrons. The average Bonchev–Trinajstić information content (AvgIpc) is 2.49. The van der Waals surface area contributed by atoms with Gasteiger partial charge in [0.1, 0.15) is 5.75 Å². The van der Waals surface area contributed by atoms with Crippen LogP contribution in [-0.4, -0.2) is 11.9 Å². The van der Waals surface area contributed by atoms with E-state index < -0.39 is 6.10 Å². The van der Waals surface area contributed by atoms with Gasteiger partial charge in [0.05, 0.1) is 0 Å². The maximum atomic E-state index is 11.5. The van der Waals surface area contributed by atoms with Crippen molar-refractivity contribution in [2.45, 2.75) is 26.4 Å². The fraction of sp³-hybridized carbons (Fsp3) is 0.235. The third-order valence-electron chi connectivity index (χ3n) is 3.03. The molecule has 2 rings (SSSR count). The minimum Gasteiger partial charge on any atom is -0.483 e. The zero-order valence-corrected chi connectivity index (χ0v) is 11.8. The van der Waals surface area contributed by atoms with Gasteiger partial charge in [0.25, 0.3) is 0 Å². The summed E-state index contributed by atoms with van der Waals surface area (Å²) < 4.78 is 5.59. The van der Waals surface area contributed by atoms with E-state index in [1.54, 1.807) is 6.92 Å². The van der Waals surface area contributed by atoms with Crippen LogP contribution >= 0.6 is 0 Å². The van der Waals surface area contributed by atoms with E-state index in [4.69, 9.17) is 4.74 Å². The van der Waals surface area contributed by atoms with Crippen molar-refractivity contribution in [2.24, 2.45) is 0 Å². The molecule has 0 fully saturated rings. The molecule has 2 aromatic carbocycles. The lowest BCUT2D eigenvalue weighted by Gasteiger charge is -2.13. The lowest BCUT2D eigenvalue weighted by atomic mass is 10.2. The summed E-state index contributed by atoms with van der Waals surface area (Å²) in [5.74, 6) is 0.814. The number of ether oxygens (including phenoxy) is 1. The summed E-state index contributed by atoms with van der Waals surface area (Å²) in [6.45, 7) is 3.62. The standard InChI is InChI=1S/C17H19NO2/c1-3-17(19)13(2)20-16-11-9-15(10-12-16)18-14-7-5-4-6-8-14/h4-13,18H,3H2,1-2H3. The van der Waals surface area contributed by atoms with Crippen LogP contribution in [-0.2, 0) is 4.79 Å². The van der Waals surface area contributed by atoms with Crippen molar-refractivity contribution in [1.29, 1.82) is 0 Å². The van der Waals surface area contributed by atoms with E-state index in [1.165, 1.54) is 0 Å². The summed E-state index contributed by atoms with van der Waals surface area (Å²) in [6.07, 6.45) is 0.0994. The quantitative estimate of drug-likeness (QED) is 0.855. The highest BCUT2D eigenvalue weighted by molar-refractivity contribution is 5.82. The van der Waals surface area contributed by atoms with Crippen molar-refractivity contribution in [3.63, 3.8) is 0 Å². The van der Waals surface area contributed by atoms with Crippen molar-refractivity contribution in [1.82, 2.24) is 0 Å². The molecule has 0 aliphatic rings. The molecule has 0 saturated carbocycles. The Morgan fingerprint density at radius 1 is 1.05 bits per heavy atom. The molecule has 0 aromatic heterocycles. The molecular weight excluding hydrogens is 250 g/mol. The summed E-state index contributed by atoms with van der Waals surface area (Å²) in [6, 6.07) is 17.6. The van der Waals surface area contributed by atoms with Gasteiger partial charge in [-0.3, -0.25) is 4.79 Å². The maximum absolute atomic E-state index is 11.5. The van der Waals surface area contributed by atoms with Crippen LogP contribution < -0.4 is 10.1 Å². The second kappa shape index (κ2) is 6.75. The first-order valence-corrected chi connectivity index (χ1v) is 6.80. The molecule has 3 nitrogen and oxygen atoms in total. The first-order valence-electron chi connectivity index (χ1n) is 6.80. The van der Waals surface area contributed by atoms with Crippen molar-refractivity contribution in [3.05, 3.63) is 54.6 Å². The van der Waals surface area contributed by atoms with E-state index in [2.05, 4.69) is 5.32 Å². The summed E-state index contributed by atoms with van der Waals surface area (Å²) >= 11 is 0. The van der Waals surface area contributed by atoms with E-state index in [1.807, 2.05) is 61.5 Å². The maximum Gasteiger partial charge on any atom is 0.172 e. The van der Waals surface area contributed by atoms with Crippen LogP contribution in [0.4, 0.5) is 11.4 Å². The minimum absolute atomic E-state index is 0.108. The van der Waals surface area contributed by atoms with Crippen molar-refractivity contribution in [2.75, 3.05) is 5.32 Å². The number of carbonyl (C=O) groups excluding carboxylic acids is 1. The Kier molecular flexibility index (Phi) is 4.77. The number of benzene rings is 2. The molecule has 104 valence electrons. The number of anilines is 2. The third-order valence-corrected chi connectivity index (χ3v) is 3.03. The highest BCUT2D eigenvalue weighted by atomic mass is 16.5. The Morgan fingerprint density at radius 2 is 1.65 bits per heavy atom. The second-order valence-corrected chi connectivity index (χ2v) is 4.60. The Morgan fingerprint density at radius 3 is 2.25 bits per heavy atom. The Bertz CT molecular complexity index is 549. The van der Waals surface area contributed by atoms with Gasteiger partial charge in [-0.25, -0.2) is 0 Å². The van der Waals surface area contributed by atoms with Crippen molar-refractivity contribution < 1.29 is 9.53 Å². The number of nitrogens with one attached hydrogen (secondary N) is 1. The molecule has 0 amide bonds. The molecule has 0 aliphatic carbocycles. The zero-order valence-electron chi connectivity index (χ0n) is 11.8. The molecule has 3 heteroatoms. The normalized spacial score (nSPS) is 11.7. The van der Waals surface area contributed by atoms with Gasteiger partial charge in [-0.2, -0.15) is 0 Å². The van der Waals surface area contributed by atoms with Gasteiger partial charge >= 0.3 is 0 Å². The highest BCUT2D eigenvalue weighted by Crippen LogP contribution is 2.20. The Hall–Kier alpha value is -2.29. The number of rotatable bonds is 6. The van der Waals surface area contributed by atoms with Crippen LogP contribution in [0.25, 0.3) is 0 Å². The predicted molar refractivity (Wildman–Crippen MR) is 81.6 cm³/mol. The monoisotopic (exact) mass is 269 g/mol. The van der Waals surface area contributed by atoms with E-state index in [9.17, 15) is 4.79 Å². The lowest BCUT2D eigenvalue weighted by molar-refractivity contribution is -0.124. The number of carbonyl (C=O) groups is 1. The highest BCUT2D eigenvalue weighted by Gasteiger charge is 2.11. The van der Waals surface area contributed by atoms with Crippen LogP contribution in [0.5, 0.6) is 5.75 Å². The largest absolute Gasteiger partial charge is 0.483 e. The number of hydrogen-bond donors (Lipinski definition) is 1. The van der Waals surface area contributed by atoms with Gasteiger partial charge in [0.2, 0.25) is 0 Å². The van der Waals surface area contributed by atoms with Gasteiger partial charge in [0, 0.05) is 17.8 Å². The van der Waals surface area contributed by atoms with Crippen LogP contribution in [0, 0.1) is 0 Å². The number of ketones is 1. The van der Waals surface area contributed by atoms with Crippen LogP contribution in [0.1, 0.15) is 20.3 Å². The molecular formula is C17H19NO2. The lowest BCUT2D eigenvalue weighted by Crippen LogP contribution is -2.22. The third kappa shape index (κ3) is 3.85. The predicted octanol–water partition coefficient (Wildman–Crippen LogP) is 4.18. The molecule has 0 spiro atoms. The molecule has 0 saturated heterocycles. The van der Waals surface area contributed by atoms with Gasteiger partial charge in [-0.15, -0.1) is 0 Å². The number of Topliss-reactive ketones (excluding diaryl/α,β-unsaturated/α-hetero) is 1. The van der Waals surface area contributed by atoms with Gasteiger partial charge in [0.15, 0.2) is 11.9 Å². The van der Waals surface area contributed by atoms with Crippen LogP contribution in [0.15, 0.2) is 54.6 Å². The molecule has 0 heterocycles. The molecule has 2 aromatic rings. The van der Waals surface area contributed by atoms with Gasteiger partial charge in [-0.1, -0.05) is 25.1 Å². The van der Waals surface area contributed by atoms with Gasteiger partial charge in [-0.05, 0) is 43.3 Å². The van der Waals surface area contributed by atoms with Crippen molar-refractivity contribution in [3.8, 4) is 5.75 Å². The molecule has 0 bridgehead atoms. The Balaban J connectivity index is 1.98. The average molecular weight is 269 g/mol. The topological polar surface area (TPSA) is 38.3 Å². The molecule has 1 unspecified atom stereocenters. The molecule has 1 N–H and O–H groups in total. The van der Waals surface area contributed by atoms with Crippen LogP contribution in [0.3, 0.4) is 0 Å². The van der Waals surface area contributed by atoms with E-state index >= 15 is 0 Å². The van der Waals surface area contributed by atoms with E-state index in [0.29, 0.717) is 12.2 Å². The number of para-hydroxylation sites is 1. The van der Waals surface area contributed by atoms with Crippen LogP contribution in [0.2, 0.25) is 0 Å². The summed E-state index contributed by atoms with van der Waals surface area (Å²) in [5.41, 5.74) is 2.02. The van der Waals surface area contributed by atoms with Gasteiger partial charge < -0.3 is 10.1 Å². The van der Waals surface area contributed by atoms with E-state index in [0.717, 1.165) is 11.4 Å². The first kappa shape index (κ1) is 14.1. The van der Waals surface area contributed by atoms with E-state index in [-0.39, 0.29) is 5.78 Å². The smallest absolute Gasteiger partial charge is 0.172 e. The summed E-state index contributed by atoms with van der Waals surface area (Å²) in [4.78, 5) is 11.5. The molecule has 1 atom stereocenters. The molecule has 0 aliphatic heterocycles. The second-order valence-electron chi connectivity index (χ2n) is 4.60.